The van der Waals surface area contributed by atoms with Crippen LogP contribution in [0.25, 0.3) is 22.3 Å². The molecule has 0 atom stereocenters. The predicted molar refractivity (Wildman–Crippen MR) is 460 cm³/mol. The van der Waals surface area contributed by atoms with Gasteiger partial charge in [0.2, 0.25) is 0 Å². The normalized spacial score (nSPS) is 10.4. The molecule has 7 rings (SSSR count). The molecule has 0 saturated carbocycles. The van der Waals surface area contributed by atoms with Gasteiger partial charge in [-0.25, -0.2) is 33.6 Å². The number of ether oxygens (including phenoxy) is 14. The van der Waals surface area contributed by atoms with Crippen molar-refractivity contribution < 1.29 is 119 Å². The number of carbonyl (C=O) groups excluding carboxylic acids is 11. The Balaban J connectivity index is 0.000000326. The minimum absolute atomic E-state index is 0.00979. The molecule has 0 spiro atoms. The molecule has 0 bridgehead atoms. The lowest BCUT2D eigenvalue weighted by Crippen LogP contribution is -2.13. The lowest BCUT2D eigenvalue weighted by molar-refractivity contribution is -0.150. The zero-order valence-corrected chi connectivity index (χ0v) is 71.3. The molecule has 656 valence electrons. The molecule has 0 amide bonds. The van der Waals surface area contributed by atoms with Gasteiger partial charge in [0.05, 0.1) is 133 Å². The Morgan fingerprint density at radius 1 is 0.230 bits per heavy atom. The van der Waals surface area contributed by atoms with Crippen molar-refractivity contribution in [2.24, 2.45) is 0 Å². The second kappa shape index (κ2) is 60.1. The maximum Gasteiger partial charge on any atom is 0.343 e. The Bertz CT molecular complexity index is 4320. The Hall–Kier alpha value is -12.4. The van der Waals surface area contributed by atoms with Crippen LogP contribution in [0.15, 0.2) is 194 Å². The van der Waals surface area contributed by atoms with Crippen LogP contribution < -0.4 is 23.7 Å². The zero-order valence-electron chi connectivity index (χ0n) is 71.3. The van der Waals surface area contributed by atoms with Crippen molar-refractivity contribution in [1.29, 1.82) is 0 Å². The van der Waals surface area contributed by atoms with Crippen molar-refractivity contribution in [1.82, 2.24) is 0 Å². The van der Waals surface area contributed by atoms with Gasteiger partial charge in [-0.1, -0.05) is 115 Å². The van der Waals surface area contributed by atoms with Crippen molar-refractivity contribution in [2.75, 3.05) is 79.3 Å². The summed E-state index contributed by atoms with van der Waals surface area (Å²) < 4.78 is 73.8. The number of carbonyl (C=O) groups is 11. The fourth-order valence-corrected chi connectivity index (χ4v) is 10.9. The van der Waals surface area contributed by atoms with Crippen LogP contribution in [0.5, 0.6) is 28.7 Å². The monoisotopic (exact) mass is 1680 g/mol. The molecule has 0 fully saturated rings. The Kier molecular flexibility index (Phi) is 49.4. The Morgan fingerprint density at radius 2 is 0.467 bits per heavy atom. The third-order valence-electron chi connectivity index (χ3n) is 17.7. The van der Waals surface area contributed by atoms with E-state index in [4.69, 9.17) is 66.3 Å². The minimum Gasteiger partial charge on any atom is -0.494 e. The van der Waals surface area contributed by atoms with Gasteiger partial charge >= 0.3 is 65.7 Å². The minimum atomic E-state index is -0.520. The second-order valence-corrected chi connectivity index (χ2v) is 28.1. The van der Waals surface area contributed by atoms with E-state index in [1.165, 1.54) is 0 Å². The van der Waals surface area contributed by atoms with Gasteiger partial charge in [-0.3, -0.25) is 19.2 Å². The number of benzene rings is 7. The molecule has 7 aromatic rings. The maximum atomic E-state index is 12.6. The topological polar surface area (TPSA) is 317 Å². The van der Waals surface area contributed by atoms with E-state index in [0.717, 1.165) is 125 Å². The second-order valence-electron chi connectivity index (χ2n) is 28.1. The zero-order chi connectivity index (χ0) is 88.3. The molecular formula is C97H118O25. The Labute approximate surface area is 716 Å². The van der Waals surface area contributed by atoms with E-state index in [0.29, 0.717) is 133 Å². The predicted octanol–water partition coefficient (Wildman–Crippen LogP) is 19.5. The third kappa shape index (κ3) is 42.5. The van der Waals surface area contributed by atoms with Gasteiger partial charge in [-0.05, 0) is 235 Å². The van der Waals surface area contributed by atoms with E-state index in [1.807, 2.05) is 55.5 Å². The fraction of sp³-hybridized carbons (Fsp3) is 0.412. The largest absolute Gasteiger partial charge is 0.494 e. The molecular weight excluding hydrogens is 1570 g/mol. The van der Waals surface area contributed by atoms with E-state index in [1.54, 1.807) is 142 Å². The average molecular weight is 1680 g/mol. The van der Waals surface area contributed by atoms with Gasteiger partial charge in [0.25, 0.3) is 0 Å². The molecule has 25 nitrogen and oxygen atoms in total. The highest BCUT2D eigenvalue weighted by molar-refractivity contribution is 5.94. The highest BCUT2D eigenvalue weighted by Gasteiger charge is 2.17. The molecule has 0 saturated heterocycles. The molecule has 0 N–H and O–H groups in total. The third-order valence-corrected chi connectivity index (χ3v) is 17.7. The quantitative estimate of drug-likeness (QED) is 0.0112. The van der Waals surface area contributed by atoms with Gasteiger partial charge in [0.1, 0.15) is 28.7 Å². The van der Waals surface area contributed by atoms with Crippen molar-refractivity contribution in [3.8, 4) is 51.0 Å². The van der Waals surface area contributed by atoms with Crippen LogP contribution in [0.2, 0.25) is 0 Å². The molecule has 0 aliphatic carbocycles. The van der Waals surface area contributed by atoms with Gasteiger partial charge in [-0.15, -0.1) is 0 Å². The first kappa shape index (κ1) is 100. The molecule has 7 aromatic carbocycles. The first-order valence-corrected chi connectivity index (χ1v) is 41.9. The van der Waals surface area contributed by atoms with E-state index in [-0.39, 0.29) is 76.0 Å². The summed E-state index contributed by atoms with van der Waals surface area (Å²) in [7, 11) is 0. The van der Waals surface area contributed by atoms with Crippen LogP contribution in [0, 0.1) is 0 Å². The molecule has 0 aromatic heterocycles. The average Bonchev–Trinajstić information content (AvgIpc) is 0.843. The number of hydrogen-bond donors (Lipinski definition) is 0. The maximum absolute atomic E-state index is 12.6. The van der Waals surface area contributed by atoms with Crippen LogP contribution >= 0.6 is 0 Å². The SMILES string of the molecule is C=C(C)C(=O)OCCCCCCOc1ccc(C(=O)Oc2ccc(-c3ccc(C(=O)OCCC)cc3)cc2)cc1.C=C(C)C(=O)OCCCCCCOc1ccc(C(=O)Oc2ccc(-c3ccc(C(=O)OCCCCCC)cc3)cc2)cc1.CCCCCOC(=O)CCC(=O)OCCCOC(=O)c1ccc(OCCCOC(=O)CCC(=O)OCC)cc1. The molecule has 0 heterocycles. The standard InChI is InChI=1S/C36H42O7.C33H36O7.C28H40O11/c1-4-5-6-9-26-42-35(38)30-14-12-28(13-15-30)29-16-22-33(23-17-29)43-36(39)31-18-20-32(21-19-31)40-24-10-7-8-11-25-41-34(37)27(2)3;1-4-21-38-32(35)27-11-9-25(10-12-27)26-13-19-30(20-14-26)40-33(36)28-15-17-29(18-16-28)37-22-7-5-6-8-23-39-31(34)24(2)3;1-3-5-6-17-36-25(30)15-16-27(32)38-20-8-21-39-28(33)22-9-11-23(12-10-22)35-18-7-19-37-26(31)14-13-24(29)34-4-2/h12-23H,2,4-11,24-26H2,1,3H3;9-20H,2,4-8,21-23H2,1,3H3;9-12H,3-8,13-21H2,1-2H3. The van der Waals surface area contributed by atoms with Crippen LogP contribution in [-0.2, 0) is 71.4 Å². The van der Waals surface area contributed by atoms with Gasteiger partial charge in [0, 0.05) is 24.0 Å². The van der Waals surface area contributed by atoms with E-state index < -0.39 is 41.8 Å². The highest BCUT2D eigenvalue weighted by Crippen LogP contribution is 2.27. The van der Waals surface area contributed by atoms with Crippen molar-refractivity contribution in [2.45, 2.75) is 183 Å². The number of unbranched alkanes of at least 4 members (excludes halogenated alkanes) is 11. The van der Waals surface area contributed by atoms with E-state index >= 15 is 0 Å². The summed E-state index contributed by atoms with van der Waals surface area (Å²) in [5.74, 6) is -1.82. The highest BCUT2D eigenvalue weighted by atomic mass is 16.6. The molecule has 25 heteroatoms. The van der Waals surface area contributed by atoms with Crippen molar-refractivity contribution in [3.05, 3.63) is 222 Å². The summed E-state index contributed by atoms with van der Waals surface area (Å²) in [6.07, 6.45) is 15.7. The first-order valence-electron chi connectivity index (χ1n) is 41.9. The van der Waals surface area contributed by atoms with Crippen LogP contribution in [0.4, 0.5) is 0 Å². The first-order chi connectivity index (χ1) is 59.1. The van der Waals surface area contributed by atoms with E-state index in [9.17, 15) is 52.7 Å². The van der Waals surface area contributed by atoms with Gasteiger partial charge in [0.15, 0.2) is 0 Å². The summed E-state index contributed by atoms with van der Waals surface area (Å²) in [6, 6.07) is 49.0. The summed E-state index contributed by atoms with van der Waals surface area (Å²) in [6.45, 7) is 22.2. The number of hydrogen-bond acceptors (Lipinski definition) is 25. The van der Waals surface area contributed by atoms with Crippen molar-refractivity contribution >= 4 is 65.7 Å². The molecule has 0 radical (unpaired) electrons. The molecule has 0 aliphatic heterocycles. The summed E-state index contributed by atoms with van der Waals surface area (Å²) in [5.41, 5.74) is 6.79. The molecule has 122 heavy (non-hydrogen) atoms. The lowest BCUT2D eigenvalue weighted by atomic mass is 10.0. The molecule has 0 unspecified atom stereocenters. The molecule has 0 aliphatic rings. The van der Waals surface area contributed by atoms with Crippen LogP contribution in [0.3, 0.4) is 0 Å². The van der Waals surface area contributed by atoms with Crippen molar-refractivity contribution in [3.63, 3.8) is 0 Å². The number of esters is 11. The smallest absolute Gasteiger partial charge is 0.343 e. The van der Waals surface area contributed by atoms with Gasteiger partial charge in [-0.2, -0.15) is 0 Å². The Morgan fingerprint density at radius 3 is 0.803 bits per heavy atom. The van der Waals surface area contributed by atoms with E-state index in [2.05, 4.69) is 27.0 Å². The summed E-state index contributed by atoms with van der Waals surface area (Å²) in [5, 5.41) is 0. The van der Waals surface area contributed by atoms with Gasteiger partial charge < -0.3 is 66.3 Å². The summed E-state index contributed by atoms with van der Waals surface area (Å²) in [4.78, 5) is 130. The fourth-order valence-electron chi connectivity index (χ4n) is 10.9. The van der Waals surface area contributed by atoms with Crippen LogP contribution in [0.1, 0.15) is 235 Å². The van der Waals surface area contributed by atoms with Crippen LogP contribution in [-0.4, -0.2) is 145 Å². The lowest BCUT2D eigenvalue weighted by Gasteiger charge is -2.09. The number of rotatable bonds is 54. The summed E-state index contributed by atoms with van der Waals surface area (Å²) >= 11 is 0.